The van der Waals surface area contributed by atoms with E-state index in [4.69, 9.17) is 4.42 Å². The van der Waals surface area contributed by atoms with Gasteiger partial charge in [-0.3, -0.25) is 4.79 Å². The van der Waals surface area contributed by atoms with Gasteiger partial charge in [0.05, 0.1) is 12.9 Å². The van der Waals surface area contributed by atoms with Gasteiger partial charge in [-0.2, -0.15) is 11.8 Å². The van der Waals surface area contributed by atoms with Crippen LogP contribution in [0.15, 0.2) is 22.8 Å². The number of hydrogen-bond acceptors (Lipinski definition) is 4. The van der Waals surface area contributed by atoms with Crippen LogP contribution in [0.4, 0.5) is 0 Å². The molecule has 0 spiro atoms. The van der Waals surface area contributed by atoms with E-state index in [1.165, 1.54) is 0 Å². The van der Waals surface area contributed by atoms with Gasteiger partial charge in [0.25, 0.3) is 0 Å². The lowest BCUT2D eigenvalue weighted by Crippen LogP contribution is -2.32. The first-order chi connectivity index (χ1) is 8.79. The lowest BCUT2D eigenvalue weighted by molar-refractivity contribution is -0.123. The van der Waals surface area contributed by atoms with Gasteiger partial charge >= 0.3 is 0 Å². The zero-order valence-corrected chi connectivity index (χ0v) is 11.1. The van der Waals surface area contributed by atoms with E-state index < -0.39 is 6.04 Å². The number of nitrogens with one attached hydrogen (secondary N) is 1. The highest BCUT2D eigenvalue weighted by Crippen LogP contribution is 2.25. The van der Waals surface area contributed by atoms with Crippen LogP contribution in [0, 0.1) is 5.92 Å². The number of furan rings is 1. The van der Waals surface area contributed by atoms with Gasteiger partial charge in [-0.05, 0) is 42.4 Å². The van der Waals surface area contributed by atoms with Crippen molar-refractivity contribution in [3.63, 3.8) is 0 Å². The molecule has 5 heteroatoms. The van der Waals surface area contributed by atoms with Crippen LogP contribution in [0.25, 0.3) is 0 Å². The number of hydrogen-bond donors (Lipinski definition) is 2. The van der Waals surface area contributed by atoms with Gasteiger partial charge in [0.2, 0.25) is 5.91 Å². The Morgan fingerprint density at radius 3 is 2.94 bits per heavy atom. The van der Waals surface area contributed by atoms with Crippen molar-refractivity contribution in [2.45, 2.75) is 25.3 Å². The van der Waals surface area contributed by atoms with E-state index in [1.807, 2.05) is 11.8 Å². The van der Waals surface area contributed by atoms with Gasteiger partial charge in [0.15, 0.2) is 0 Å². The fourth-order valence-corrected chi connectivity index (χ4v) is 3.37. The van der Waals surface area contributed by atoms with Gasteiger partial charge in [0, 0.05) is 6.42 Å². The molecule has 1 aromatic rings. The molecule has 1 saturated heterocycles. The largest absolute Gasteiger partial charge is 0.467 e. The summed E-state index contributed by atoms with van der Waals surface area (Å²) in [6.07, 6.45) is 4.32. The molecule has 0 bridgehead atoms. The summed E-state index contributed by atoms with van der Waals surface area (Å²) in [6, 6.07) is 3.09. The van der Waals surface area contributed by atoms with E-state index in [2.05, 4.69) is 5.32 Å². The minimum atomic E-state index is -0.425. The smallest absolute Gasteiger partial charge is 0.220 e. The normalized spacial score (nSPS) is 18.5. The predicted octanol–water partition coefficient (Wildman–Crippen LogP) is 1.96. The van der Waals surface area contributed by atoms with Crippen molar-refractivity contribution in [1.29, 1.82) is 0 Å². The molecule has 0 aromatic carbocycles. The molecule has 1 unspecified atom stereocenters. The van der Waals surface area contributed by atoms with E-state index in [-0.39, 0.29) is 12.5 Å². The summed E-state index contributed by atoms with van der Waals surface area (Å²) in [5.41, 5.74) is 0. The Morgan fingerprint density at radius 2 is 2.33 bits per heavy atom. The second-order valence-corrected chi connectivity index (χ2v) is 5.80. The minimum absolute atomic E-state index is 0.00218. The third kappa shape index (κ3) is 3.78. The molecule has 4 nitrogen and oxygen atoms in total. The van der Waals surface area contributed by atoms with Gasteiger partial charge in [-0.1, -0.05) is 0 Å². The van der Waals surface area contributed by atoms with Gasteiger partial charge in [-0.25, -0.2) is 0 Å². The molecule has 100 valence electrons. The summed E-state index contributed by atoms with van der Waals surface area (Å²) in [5, 5.41) is 12.1. The summed E-state index contributed by atoms with van der Waals surface area (Å²) >= 11 is 1.96. The summed E-state index contributed by atoms with van der Waals surface area (Å²) in [6.45, 7) is -0.139. The van der Waals surface area contributed by atoms with Crippen LogP contribution in [0.3, 0.4) is 0 Å². The zero-order chi connectivity index (χ0) is 12.8. The SMILES string of the molecule is O=C(CC1CCSCC1)NC(CO)c1ccco1. The Labute approximate surface area is 111 Å². The van der Waals surface area contributed by atoms with E-state index in [0.717, 1.165) is 24.3 Å². The van der Waals surface area contributed by atoms with Crippen molar-refractivity contribution < 1.29 is 14.3 Å². The Bertz CT molecular complexity index is 360. The first-order valence-electron chi connectivity index (χ1n) is 6.31. The molecule has 1 aliphatic rings. The van der Waals surface area contributed by atoms with Crippen molar-refractivity contribution in [3.8, 4) is 0 Å². The summed E-state index contributed by atoms with van der Waals surface area (Å²) < 4.78 is 5.20. The Morgan fingerprint density at radius 1 is 1.56 bits per heavy atom. The number of amides is 1. The lowest BCUT2D eigenvalue weighted by atomic mass is 9.98. The fraction of sp³-hybridized carbons (Fsp3) is 0.615. The molecule has 2 rings (SSSR count). The maximum atomic E-state index is 11.9. The van der Waals surface area contributed by atoms with Crippen LogP contribution < -0.4 is 5.32 Å². The van der Waals surface area contributed by atoms with Gasteiger partial charge in [-0.15, -0.1) is 0 Å². The quantitative estimate of drug-likeness (QED) is 0.858. The number of carbonyl (C=O) groups excluding carboxylic acids is 1. The predicted molar refractivity (Wildman–Crippen MR) is 71.3 cm³/mol. The van der Waals surface area contributed by atoms with Crippen LogP contribution in [-0.4, -0.2) is 29.1 Å². The van der Waals surface area contributed by atoms with Crippen molar-refractivity contribution in [2.24, 2.45) is 5.92 Å². The van der Waals surface area contributed by atoms with Gasteiger partial charge in [0.1, 0.15) is 11.8 Å². The second kappa shape index (κ2) is 6.85. The number of aliphatic hydroxyl groups is 1. The molecule has 2 heterocycles. The molecular formula is C13H19NO3S. The molecule has 2 N–H and O–H groups in total. The minimum Gasteiger partial charge on any atom is -0.467 e. The van der Waals surface area contributed by atoms with E-state index in [0.29, 0.717) is 18.1 Å². The second-order valence-electron chi connectivity index (χ2n) is 4.58. The molecule has 0 aliphatic carbocycles. The molecular weight excluding hydrogens is 250 g/mol. The summed E-state index contributed by atoms with van der Waals surface area (Å²) in [7, 11) is 0. The molecule has 1 amide bonds. The highest BCUT2D eigenvalue weighted by atomic mass is 32.2. The first-order valence-corrected chi connectivity index (χ1v) is 7.46. The average Bonchev–Trinajstić information content (AvgIpc) is 2.91. The van der Waals surface area contributed by atoms with E-state index in [1.54, 1.807) is 18.4 Å². The average molecular weight is 269 g/mol. The molecule has 18 heavy (non-hydrogen) atoms. The number of rotatable bonds is 5. The molecule has 0 saturated carbocycles. The number of thioether (sulfide) groups is 1. The zero-order valence-electron chi connectivity index (χ0n) is 10.3. The molecule has 0 radical (unpaired) electrons. The first kappa shape index (κ1) is 13.5. The number of carbonyl (C=O) groups is 1. The van der Waals surface area contributed by atoms with Crippen LogP contribution in [-0.2, 0) is 4.79 Å². The van der Waals surface area contributed by atoms with Crippen LogP contribution in [0.2, 0.25) is 0 Å². The third-order valence-electron chi connectivity index (χ3n) is 3.22. The van der Waals surface area contributed by atoms with Crippen LogP contribution in [0.1, 0.15) is 31.1 Å². The van der Waals surface area contributed by atoms with Crippen molar-refractivity contribution in [2.75, 3.05) is 18.1 Å². The molecule has 1 aromatic heterocycles. The third-order valence-corrected chi connectivity index (χ3v) is 4.27. The Kier molecular flexibility index (Phi) is 5.13. The van der Waals surface area contributed by atoms with Crippen LogP contribution in [0.5, 0.6) is 0 Å². The van der Waals surface area contributed by atoms with Crippen molar-refractivity contribution in [3.05, 3.63) is 24.2 Å². The molecule has 1 aliphatic heterocycles. The standard InChI is InChI=1S/C13H19NO3S/c15-9-11(12-2-1-5-17-12)14-13(16)8-10-3-6-18-7-4-10/h1-2,5,10-11,15H,3-4,6-9H2,(H,14,16). The van der Waals surface area contributed by atoms with Crippen molar-refractivity contribution in [1.82, 2.24) is 5.32 Å². The Balaban J connectivity index is 1.82. The highest BCUT2D eigenvalue weighted by Gasteiger charge is 2.20. The van der Waals surface area contributed by atoms with Crippen molar-refractivity contribution >= 4 is 17.7 Å². The summed E-state index contributed by atoms with van der Waals surface area (Å²) in [4.78, 5) is 11.9. The maximum absolute atomic E-state index is 11.9. The molecule has 1 fully saturated rings. The lowest BCUT2D eigenvalue weighted by Gasteiger charge is -2.22. The van der Waals surface area contributed by atoms with Crippen LogP contribution >= 0.6 is 11.8 Å². The molecule has 1 atom stereocenters. The van der Waals surface area contributed by atoms with E-state index >= 15 is 0 Å². The summed E-state index contributed by atoms with van der Waals surface area (Å²) in [5.74, 6) is 3.40. The fourth-order valence-electron chi connectivity index (χ4n) is 2.16. The van der Waals surface area contributed by atoms with Gasteiger partial charge < -0.3 is 14.8 Å². The number of aliphatic hydroxyl groups excluding tert-OH is 1. The Hall–Kier alpha value is -0.940. The highest BCUT2D eigenvalue weighted by molar-refractivity contribution is 7.99. The maximum Gasteiger partial charge on any atom is 0.220 e. The van der Waals surface area contributed by atoms with E-state index in [9.17, 15) is 9.90 Å². The topological polar surface area (TPSA) is 62.5 Å². The monoisotopic (exact) mass is 269 g/mol.